The summed E-state index contributed by atoms with van der Waals surface area (Å²) in [6.07, 6.45) is 3.06. The van der Waals surface area contributed by atoms with Gasteiger partial charge in [0.25, 0.3) is 5.91 Å². The molecular formula is C16H23N3O2. The highest BCUT2D eigenvalue weighted by Gasteiger charge is 2.19. The van der Waals surface area contributed by atoms with Gasteiger partial charge in [-0.1, -0.05) is 13.0 Å². The minimum absolute atomic E-state index is 0.0468. The first kappa shape index (κ1) is 15.4. The first-order chi connectivity index (χ1) is 10.1. The van der Waals surface area contributed by atoms with Gasteiger partial charge in [0.2, 0.25) is 0 Å². The minimum atomic E-state index is -0.150. The number of amides is 3. The Labute approximate surface area is 125 Å². The van der Waals surface area contributed by atoms with Crippen LogP contribution in [0.15, 0.2) is 24.3 Å². The molecule has 114 valence electrons. The molecule has 1 aliphatic rings. The molecule has 3 amide bonds. The fourth-order valence-corrected chi connectivity index (χ4v) is 2.49. The predicted molar refractivity (Wildman–Crippen MR) is 83.5 cm³/mol. The highest BCUT2D eigenvalue weighted by molar-refractivity contribution is 5.97. The molecule has 0 radical (unpaired) electrons. The average Bonchev–Trinajstić information content (AvgIpc) is 3.01. The molecule has 0 saturated carbocycles. The third-order valence-corrected chi connectivity index (χ3v) is 3.66. The highest BCUT2D eigenvalue weighted by atomic mass is 16.2. The quantitative estimate of drug-likeness (QED) is 0.926. The van der Waals surface area contributed by atoms with Gasteiger partial charge in [-0.05, 0) is 37.5 Å². The van der Waals surface area contributed by atoms with Crippen molar-refractivity contribution in [3.05, 3.63) is 29.8 Å². The summed E-state index contributed by atoms with van der Waals surface area (Å²) in [5, 5.41) is 2.83. The number of benzene rings is 1. The van der Waals surface area contributed by atoms with Crippen molar-refractivity contribution in [2.45, 2.75) is 26.2 Å². The second-order valence-electron chi connectivity index (χ2n) is 5.43. The number of likely N-dealkylation sites (tertiary alicyclic amines) is 1. The standard InChI is InChI=1S/C16H23N3O2/c1-3-9-18(2)16(21)17-14-8-6-7-13(12-14)15(20)19-10-4-5-11-19/h6-8,12H,3-5,9-11H2,1-2H3,(H,17,21). The van der Waals surface area contributed by atoms with E-state index in [4.69, 9.17) is 0 Å². The predicted octanol–water partition coefficient (Wildman–Crippen LogP) is 2.80. The third kappa shape index (κ3) is 3.97. The molecular weight excluding hydrogens is 266 g/mol. The molecule has 1 saturated heterocycles. The molecule has 0 atom stereocenters. The molecule has 0 aromatic heterocycles. The molecule has 0 unspecified atom stereocenters. The van der Waals surface area contributed by atoms with Gasteiger partial charge in [0.15, 0.2) is 0 Å². The van der Waals surface area contributed by atoms with Gasteiger partial charge in [-0.25, -0.2) is 4.79 Å². The Morgan fingerprint density at radius 2 is 2.00 bits per heavy atom. The van der Waals surface area contributed by atoms with Gasteiger partial charge in [-0.15, -0.1) is 0 Å². The molecule has 1 heterocycles. The second kappa shape index (κ2) is 7.11. The van der Waals surface area contributed by atoms with Crippen LogP contribution in [-0.4, -0.2) is 48.4 Å². The number of urea groups is 1. The first-order valence-corrected chi connectivity index (χ1v) is 7.53. The fraction of sp³-hybridized carbons (Fsp3) is 0.500. The van der Waals surface area contributed by atoms with Gasteiger partial charge >= 0.3 is 6.03 Å². The molecule has 1 aliphatic heterocycles. The monoisotopic (exact) mass is 289 g/mol. The van der Waals surface area contributed by atoms with Crippen LogP contribution in [0.2, 0.25) is 0 Å². The van der Waals surface area contributed by atoms with Gasteiger partial charge in [0.05, 0.1) is 0 Å². The van der Waals surface area contributed by atoms with E-state index >= 15 is 0 Å². The lowest BCUT2D eigenvalue weighted by Crippen LogP contribution is -2.32. The molecule has 1 N–H and O–H groups in total. The highest BCUT2D eigenvalue weighted by Crippen LogP contribution is 2.16. The van der Waals surface area contributed by atoms with Gasteiger partial charge in [0.1, 0.15) is 0 Å². The van der Waals surface area contributed by atoms with Crippen molar-refractivity contribution >= 4 is 17.6 Å². The van der Waals surface area contributed by atoms with Crippen LogP contribution in [0, 0.1) is 0 Å². The Hall–Kier alpha value is -2.04. The van der Waals surface area contributed by atoms with Gasteiger partial charge < -0.3 is 15.1 Å². The molecule has 5 nitrogen and oxygen atoms in total. The molecule has 0 aliphatic carbocycles. The van der Waals surface area contributed by atoms with E-state index in [0.29, 0.717) is 17.8 Å². The molecule has 1 aromatic carbocycles. The van der Waals surface area contributed by atoms with Crippen LogP contribution < -0.4 is 5.32 Å². The first-order valence-electron chi connectivity index (χ1n) is 7.53. The summed E-state index contributed by atoms with van der Waals surface area (Å²) in [5.74, 6) is 0.0468. The van der Waals surface area contributed by atoms with Crippen molar-refractivity contribution in [1.82, 2.24) is 9.80 Å². The minimum Gasteiger partial charge on any atom is -0.339 e. The summed E-state index contributed by atoms with van der Waals surface area (Å²) in [7, 11) is 1.76. The molecule has 0 spiro atoms. The maximum absolute atomic E-state index is 12.3. The number of nitrogens with zero attached hydrogens (tertiary/aromatic N) is 2. The van der Waals surface area contributed by atoms with Crippen molar-refractivity contribution in [3.63, 3.8) is 0 Å². The number of carbonyl (C=O) groups is 2. The largest absolute Gasteiger partial charge is 0.339 e. The van der Waals surface area contributed by atoms with Crippen molar-refractivity contribution < 1.29 is 9.59 Å². The normalized spacial score (nSPS) is 14.1. The molecule has 21 heavy (non-hydrogen) atoms. The molecule has 2 rings (SSSR count). The van der Waals surface area contributed by atoms with E-state index in [1.807, 2.05) is 11.8 Å². The van der Waals surface area contributed by atoms with Crippen LogP contribution in [0.3, 0.4) is 0 Å². The fourth-order valence-electron chi connectivity index (χ4n) is 2.49. The van der Waals surface area contributed by atoms with Gasteiger partial charge in [-0.2, -0.15) is 0 Å². The number of hydrogen-bond donors (Lipinski definition) is 1. The number of carbonyl (C=O) groups excluding carboxylic acids is 2. The number of nitrogens with one attached hydrogen (secondary N) is 1. The van der Waals surface area contributed by atoms with E-state index in [9.17, 15) is 9.59 Å². The number of hydrogen-bond acceptors (Lipinski definition) is 2. The van der Waals surface area contributed by atoms with Crippen molar-refractivity contribution in [2.75, 3.05) is 32.0 Å². The topological polar surface area (TPSA) is 52.7 Å². The van der Waals surface area contributed by atoms with Crippen LogP contribution in [-0.2, 0) is 0 Å². The summed E-state index contributed by atoms with van der Waals surface area (Å²) in [4.78, 5) is 27.8. The maximum atomic E-state index is 12.3. The average molecular weight is 289 g/mol. The van der Waals surface area contributed by atoms with Crippen LogP contribution in [0.25, 0.3) is 0 Å². The van der Waals surface area contributed by atoms with E-state index in [-0.39, 0.29) is 11.9 Å². The third-order valence-electron chi connectivity index (χ3n) is 3.66. The van der Waals surface area contributed by atoms with Crippen molar-refractivity contribution in [2.24, 2.45) is 0 Å². The molecule has 1 aromatic rings. The SMILES string of the molecule is CCCN(C)C(=O)Nc1cccc(C(=O)N2CCCC2)c1. The molecule has 0 bridgehead atoms. The van der Waals surface area contributed by atoms with Gasteiger partial charge in [-0.3, -0.25) is 4.79 Å². The van der Waals surface area contributed by atoms with Crippen molar-refractivity contribution in [3.8, 4) is 0 Å². The maximum Gasteiger partial charge on any atom is 0.321 e. The summed E-state index contributed by atoms with van der Waals surface area (Å²) in [6.45, 7) is 4.39. The van der Waals surface area contributed by atoms with Crippen molar-refractivity contribution in [1.29, 1.82) is 0 Å². The summed E-state index contributed by atoms with van der Waals surface area (Å²) >= 11 is 0. The zero-order valence-electron chi connectivity index (χ0n) is 12.8. The Kier molecular flexibility index (Phi) is 5.20. The lowest BCUT2D eigenvalue weighted by atomic mass is 10.2. The summed E-state index contributed by atoms with van der Waals surface area (Å²) in [6, 6.07) is 7.00. The van der Waals surface area contributed by atoms with E-state index < -0.39 is 0 Å². The van der Waals surface area contributed by atoms with Crippen LogP contribution >= 0.6 is 0 Å². The van der Waals surface area contributed by atoms with E-state index in [0.717, 1.165) is 32.4 Å². The molecule has 1 fully saturated rings. The Morgan fingerprint density at radius 3 is 2.67 bits per heavy atom. The molecule has 5 heteroatoms. The summed E-state index contributed by atoms with van der Waals surface area (Å²) in [5.41, 5.74) is 1.29. The Morgan fingerprint density at radius 1 is 1.29 bits per heavy atom. The smallest absolute Gasteiger partial charge is 0.321 e. The lowest BCUT2D eigenvalue weighted by molar-refractivity contribution is 0.0793. The van der Waals surface area contributed by atoms with E-state index in [1.165, 1.54) is 0 Å². The summed E-state index contributed by atoms with van der Waals surface area (Å²) < 4.78 is 0. The number of rotatable bonds is 4. The zero-order chi connectivity index (χ0) is 15.2. The Balaban J connectivity index is 2.03. The number of anilines is 1. The Bertz CT molecular complexity index is 510. The lowest BCUT2D eigenvalue weighted by Gasteiger charge is -2.18. The van der Waals surface area contributed by atoms with Crippen LogP contribution in [0.1, 0.15) is 36.5 Å². The second-order valence-corrected chi connectivity index (χ2v) is 5.43. The van der Waals surface area contributed by atoms with Crippen LogP contribution in [0.4, 0.5) is 10.5 Å². The van der Waals surface area contributed by atoms with E-state index in [1.54, 1.807) is 36.2 Å². The van der Waals surface area contributed by atoms with Gasteiger partial charge in [0, 0.05) is 37.9 Å². The zero-order valence-corrected chi connectivity index (χ0v) is 12.8. The van der Waals surface area contributed by atoms with Crippen LogP contribution in [0.5, 0.6) is 0 Å². The van der Waals surface area contributed by atoms with E-state index in [2.05, 4.69) is 5.32 Å².